The summed E-state index contributed by atoms with van der Waals surface area (Å²) in [5.41, 5.74) is 2.05. The van der Waals surface area contributed by atoms with Crippen LogP contribution in [0.25, 0.3) is 0 Å². The van der Waals surface area contributed by atoms with Crippen LogP contribution < -0.4 is 5.73 Å². The molecule has 1 aromatic rings. The second kappa shape index (κ2) is 3.25. The molecule has 0 unspecified atom stereocenters. The maximum Gasteiger partial charge on any atom is 0.460 e. The van der Waals surface area contributed by atoms with Gasteiger partial charge in [0, 0.05) is 0 Å². The third kappa shape index (κ3) is 1.57. The molecule has 0 saturated heterocycles. The maximum absolute atomic E-state index is 12.9. The molecule has 3 nitrogen and oxygen atoms in total. The zero-order valence-corrected chi connectivity index (χ0v) is 7.25. The van der Waals surface area contributed by atoms with Crippen molar-refractivity contribution in [3.63, 3.8) is 0 Å². The van der Waals surface area contributed by atoms with E-state index in [0.29, 0.717) is 6.20 Å². The fraction of sp³-hybridized carbons (Fsp3) is 0.500. The molecule has 0 radical (unpaired) electrons. The predicted octanol–water partition coefficient (Wildman–Crippen LogP) is 2.28. The molecule has 0 aromatic carbocycles. The van der Waals surface area contributed by atoms with Crippen molar-refractivity contribution in [3.05, 3.63) is 11.9 Å². The molecule has 0 atom stereocenters. The Kier molecular flexibility index (Phi) is 2.56. The van der Waals surface area contributed by atoms with Crippen molar-refractivity contribution in [2.24, 2.45) is 0 Å². The Balaban J connectivity index is 3.27. The van der Waals surface area contributed by atoms with E-state index in [-0.39, 0.29) is 0 Å². The minimum atomic E-state index is -6.39. The third-order valence-electron chi connectivity index (χ3n) is 1.73. The van der Waals surface area contributed by atoms with Crippen LogP contribution in [0.15, 0.2) is 6.20 Å². The lowest BCUT2D eigenvalue weighted by atomic mass is 10.1. The summed E-state index contributed by atoms with van der Waals surface area (Å²) in [6, 6.07) is 0. The van der Waals surface area contributed by atoms with E-state index in [1.807, 2.05) is 0 Å². The van der Waals surface area contributed by atoms with Gasteiger partial charge in [-0.25, -0.2) is 0 Å². The van der Waals surface area contributed by atoms with Crippen LogP contribution in [0.4, 0.5) is 36.4 Å². The minimum Gasteiger partial charge on any atom is -0.396 e. The molecular formula is C6H4F7N3. The number of anilines is 1. The average molecular weight is 251 g/mol. The fourth-order valence-electron chi connectivity index (χ4n) is 0.882. The van der Waals surface area contributed by atoms with Crippen LogP contribution in [0, 0.1) is 0 Å². The van der Waals surface area contributed by atoms with Gasteiger partial charge in [0.1, 0.15) is 5.69 Å². The molecule has 0 fully saturated rings. The number of nitrogen functional groups attached to an aromatic ring is 1. The first-order chi connectivity index (χ1) is 7.02. The lowest BCUT2D eigenvalue weighted by Crippen LogP contribution is -2.50. The van der Waals surface area contributed by atoms with Crippen LogP contribution in [0.1, 0.15) is 5.69 Å². The number of nitrogens with two attached hydrogens (primary N) is 1. The summed E-state index contributed by atoms with van der Waals surface area (Å²) in [7, 11) is 0. The molecule has 3 N–H and O–H groups in total. The molecule has 0 aliphatic carbocycles. The molecule has 1 aromatic heterocycles. The van der Waals surface area contributed by atoms with Crippen LogP contribution in [0.2, 0.25) is 0 Å². The second-order valence-corrected chi connectivity index (χ2v) is 2.85. The van der Waals surface area contributed by atoms with Crippen molar-refractivity contribution in [1.82, 2.24) is 10.2 Å². The second-order valence-electron chi connectivity index (χ2n) is 2.85. The Morgan fingerprint density at radius 3 is 1.88 bits per heavy atom. The molecular weight excluding hydrogens is 247 g/mol. The van der Waals surface area contributed by atoms with Gasteiger partial charge in [-0.3, -0.25) is 5.10 Å². The Hall–Kier alpha value is -1.48. The number of hydrogen-bond donors (Lipinski definition) is 2. The van der Waals surface area contributed by atoms with Gasteiger partial charge in [0.05, 0.1) is 11.9 Å². The fourth-order valence-corrected chi connectivity index (χ4v) is 0.882. The zero-order valence-electron chi connectivity index (χ0n) is 7.25. The SMILES string of the molecule is Nc1cn[nH]c1C(F)(F)C(F)(F)C(F)(F)F. The van der Waals surface area contributed by atoms with Crippen LogP contribution in [0.5, 0.6) is 0 Å². The van der Waals surface area contributed by atoms with E-state index < -0.39 is 29.4 Å². The maximum atomic E-state index is 12.9. The number of hydrogen-bond acceptors (Lipinski definition) is 2. The van der Waals surface area contributed by atoms with E-state index in [1.54, 1.807) is 0 Å². The summed E-state index contributed by atoms with van der Waals surface area (Å²) < 4.78 is 86.0. The number of aromatic nitrogens is 2. The highest BCUT2D eigenvalue weighted by Gasteiger charge is 2.74. The van der Waals surface area contributed by atoms with Gasteiger partial charge in [0.15, 0.2) is 0 Å². The quantitative estimate of drug-likeness (QED) is 0.792. The van der Waals surface area contributed by atoms with E-state index in [9.17, 15) is 30.7 Å². The number of nitrogens with one attached hydrogen (secondary N) is 1. The molecule has 0 amide bonds. The van der Waals surface area contributed by atoms with Crippen molar-refractivity contribution >= 4 is 5.69 Å². The summed E-state index contributed by atoms with van der Waals surface area (Å²) in [4.78, 5) is 0. The van der Waals surface area contributed by atoms with Crippen molar-refractivity contribution in [2.45, 2.75) is 18.0 Å². The Bertz CT molecular complexity index is 380. The molecule has 16 heavy (non-hydrogen) atoms. The summed E-state index contributed by atoms with van der Waals surface area (Å²) in [6.07, 6.45) is -5.89. The minimum absolute atomic E-state index is 0.510. The molecule has 0 saturated carbocycles. The van der Waals surface area contributed by atoms with E-state index in [0.717, 1.165) is 0 Å². The van der Waals surface area contributed by atoms with E-state index >= 15 is 0 Å². The molecule has 0 spiro atoms. The highest BCUT2D eigenvalue weighted by Crippen LogP contribution is 2.52. The van der Waals surface area contributed by atoms with Crippen LogP contribution in [0.3, 0.4) is 0 Å². The highest BCUT2D eigenvalue weighted by atomic mass is 19.4. The van der Waals surface area contributed by atoms with Gasteiger partial charge in [0.2, 0.25) is 0 Å². The molecule has 10 heteroatoms. The van der Waals surface area contributed by atoms with Gasteiger partial charge in [-0.15, -0.1) is 0 Å². The third-order valence-corrected chi connectivity index (χ3v) is 1.73. The lowest BCUT2D eigenvalue weighted by Gasteiger charge is -2.27. The Morgan fingerprint density at radius 1 is 1.06 bits per heavy atom. The molecule has 1 rings (SSSR count). The van der Waals surface area contributed by atoms with Gasteiger partial charge in [-0.2, -0.15) is 35.8 Å². The van der Waals surface area contributed by atoms with Gasteiger partial charge >= 0.3 is 18.0 Å². The first kappa shape index (κ1) is 12.6. The molecule has 92 valence electrons. The molecule has 0 bridgehead atoms. The predicted molar refractivity (Wildman–Crippen MR) is 37.9 cm³/mol. The molecule has 0 aliphatic heterocycles. The number of H-pyrrole nitrogens is 1. The first-order valence-electron chi connectivity index (χ1n) is 3.63. The van der Waals surface area contributed by atoms with E-state index in [1.165, 1.54) is 5.10 Å². The van der Waals surface area contributed by atoms with Gasteiger partial charge in [0.25, 0.3) is 0 Å². The van der Waals surface area contributed by atoms with E-state index in [4.69, 9.17) is 5.73 Å². The summed E-state index contributed by atoms with van der Waals surface area (Å²) >= 11 is 0. The number of rotatable bonds is 2. The van der Waals surface area contributed by atoms with Gasteiger partial charge < -0.3 is 5.73 Å². The smallest absolute Gasteiger partial charge is 0.396 e. The number of aromatic amines is 1. The number of halogens is 7. The standard InChI is InChI=1S/C6H4F7N3/c7-4(8,3-2(14)1-15-16-3)5(9,10)6(11,12)13/h1H,14H2,(H,15,16). The van der Waals surface area contributed by atoms with Crippen LogP contribution in [-0.4, -0.2) is 22.3 Å². The average Bonchev–Trinajstić information content (AvgIpc) is 2.49. The number of alkyl halides is 7. The molecule has 0 aliphatic rings. The van der Waals surface area contributed by atoms with Crippen molar-refractivity contribution in [3.8, 4) is 0 Å². The first-order valence-corrected chi connectivity index (χ1v) is 3.63. The summed E-state index contributed by atoms with van der Waals surface area (Å²) in [5.74, 6) is -11.7. The van der Waals surface area contributed by atoms with Gasteiger partial charge in [-0.05, 0) is 0 Å². The monoisotopic (exact) mass is 251 g/mol. The van der Waals surface area contributed by atoms with Crippen molar-refractivity contribution in [1.29, 1.82) is 0 Å². The Labute approximate surface area is 83.4 Å². The van der Waals surface area contributed by atoms with Gasteiger partial charge in [-0.1, -0.05) is 0 Å². The largest absolute Gasteiger partial charge is 0.460 e. The topological polar surface area (TPSA) is 54.7 Å². The van der Waals surface area contributed by atoms with Crippen LogP contribution >= 0.6 is 0 Å². The van der Waals surface area contributed by atoms with Crippen molar-refractivity contribution in [2.75, 3.05) is 5.73 Å². The lowest BCUT2D eigenvalue weighted by molar-refractivity contribution is -0.360. The normalized spacial score (nSPS) is 14.2. The Morgan fingerprint density at radius 2 is 1.56 bits per heavy atom. The summed E-state index contributed by atoms with van der Waals surface area (Å²) in [5, 5.41) is 4.17. The van der Waals surface area contributed by atoms with Crippen molar-refractivity contribution < 1.29 is 30.7 Å². The van der Waals surface area contributed by atoms with Crippen LogP contribution in [-0.2, 0) is 5.92 Å². The molecule has 1 heterocycles. The summed E-state index contributed by atoms with van der Waals surface area (Å²) in [6.45, 7) is 0. The van der Waals surface area contributed by atoms with E-state index in [2.05, 4.69) is 5.10 Å². The highest BCUT2D eigenvalue weighted by molar-refractivity contribution is 5.43. The number of nitrogens with zero attached hydrogens (tertiary/aromatic N) is 1. The zero-order chi connectivity index (χ0) is 12.8.